The van der Waals surface area contributed by atoms with Crippen LogP contribution >= 0.6 is 0 Å². The minimum atomic E-state index is 0.333. The van der Waals surface area contributed by atoms with Gasteiger partial charge in [0, 0.05) is 25.2 Å². The monoisotopic (exact) mass is 240 g/mol. The lowest BCUT2D eigenvalue weighted by Crippen LogP contribution is -2.52. The quantitative estimate of drug-likeness (QED) is 0.813. The fraction of sp³-hybridized carbons (Fsp3) is 1.00. The van der Waals surface area contributed by atoms with Crippen molar-refractivity contribution in [3.8, 4) is 0 Å². The molecule has 0 saturated carbocycles. The molecule has 1 saturated heterocycles. The molecule has 0 aromatic heterocycles. The molecule has 1 aliphatic rings. The van der Waals surface area contributed by atoms with Crippen molar-refractivity contribution in [1.29, 1.82) is 0 Å². The van der Waals surface area contributed by atoms with Crippen LogP contribution in [-0.4, -0.2) is 37.1 Å². The number of hydrogen-bond acceptors (Lipinski definition) is 2. The van der Waals surface area contributed by atoms with Gasteiger partial charge < -0.3 is 5.32 Å². The summed E-state index contributed by atoms with van der Waals surface area (Å²) < 4.78 is 0. The van der Waals surface area contributed by atoms with Gasteiger partial charge in [0.25, 0.3) is 0 Å². The second kappa shape index (κ2) is 5.71. The van der Waals surface area contributed by atoms with Crippen LogP contribution in [0.1, 0.15) is 48.0 Å². The Hall–Kier alpha value is -0.0800. The maximum Gasteiger partial charge on any atom is 0.00991 e. The first kappa shape index (κ1) is 15.0. The third kappa shape index (κ3) is 3.69. The van der Waals surface area contributed by atoms with Gasteiger partial charge >= 0.3 is 0 Å². The van der Waals surface area contributed by atoms with Crippen molar-refractivity contribution in [3.63, 3.8) is 0 Å². The van der Waals surface area contributed by atoms with E-state index in [0.717, 1.165) is 17.9 Å². The summed E-state index contributed by atoms with van der Waals surface area (Å²) in [4.78, 5) is 2.70. The third-order valence-corrected chi connectivity index (χ3v) is 4.94. The van der Waals surface area contributed by atoms with Crippen LogP contribution in [0, 0.1) is 17.3 Å². The van der Waals surface area contributed by atoms with E-state index in [4.69, 9.17) is 0 Å². The number of hydrogen-bond donors (Lipinski definition) is 1. The van der Waals surface area contributed by atoms with E-state index in [-0.39, 0.29) is 0 Å². The normalized spacial score (nSPS) is 33.7. The van der Waals surface area contributed by atoms with Gasteiger partial charge in [0.2, 0.25) is 0 Å². The highest BCUT2D eigenvalue weighted by Gasteiger charge is 2.34. The van der Waals surface area contributed by atoms with Crippen molar-refractivity contribution in [3.05, 3.63) is 0 Å². The molecule has 1 N–H and O–H groups in total. The van der Waals surface area contributed by atoms with Crippen molar-refractivity contribution in [2.75, 3.05) is 20.1 Å². The van der Waals surface area contributed by atoms with Gasteiger partial charge in [0.15, 0.2) is 0 Å². The van der Waals surface area contributed by atoms with E-state index in [9.17, 15) is 0 Å². The SMILES string of the molecule is CNC(C)C(C)(C)CN1CC(C)CC(C)C1C. The summed E-state index contributed by atoms with van der Waals surface area (Å²) in [5.74, 6) is 1.68. The average molecular weight is 240 g/mol. The van der Waals surface area contributed by atoms with Crippen molar-refractivity contribution < 1.29 is 0 Å². The first-order valence-electron chi connectivity index (χ1n) is 7.19. The van der Waals surface area contributed by atoms with Crippen molar-refractivity contribution in [2.24, 2.45) is 17.3 Å². The Morgan fingerprint density at radius 3 is 2.41 bits per heavy atom. The van der Waals surface area contributed by atoms with E-state index in [1.165, 1.54) is 19.5 Å². The van der Waals surface area contributed by atoms with E-state index >= 15 is 0 Å². The molecule has 0 aromatic carbocycles. The first-order valence-corrected chi connectivity index (χ1v) is 7.19. The Balaban J connectivity index is 2.66. The summed E-state index contributed by atoms with van der Waals surface area (Å²) in [6, 6.07) is 1.29. The number of nitrogens with zero attached hydrogens (tertiary/aromatic N) is 1. The molecule has 1 fully saturated rings. The largest absolute Gasteiger partial charge is 0.317 e. The summed E-state index contributed by atoms with van der Waals surface area (Å²) in [6.45, 7) is 16.7. The molecular formula is C15H32N2. The minimum absolute atomic E-state index is 0.333. The molecule has 4 unspecified atom stereocenters. The van der Waals surface area contributed by atoms with Gasteiger partial charge in [-0.15, -0.1) is 0 Å². The van der Waals surface area contributed by atoms with Crippen LogP contribution in [0.4, 0.5) is 0 Å². The minimum Gasteiger partial charge on any atom is -0.317 e. The summed E-state index contributed by atoms with van der Waals surface area (Å²) in [7, 11) is 2.07. The molecule has 2 nitrogen and oxygen atoms in total. The zero-order valence-corrected chi connectivity index (χ0v) is 12.9. The summed E-state index contributed by atoms with van der Waals surface area (Å²) in [5, 5.41) is 3.41. The van der Waals surface area contributed by atoms with E-state index in [2.05, 4.69) is 58.8 Å². The molecule has 1 rings (SSSR count). The molecule has 2 heteroatoms. The fourth-order valence-electron chi connectivity index (χ4n) is 3.09. The Labute approximate surface area is 108 Å². The number of rotatable bonds is 4. The van der Waals surface area contributed by atoms with Gasteiger partial charge in [-0.2, -0.15) is 0 Å². The lowest BCUT2D eigenvalue weighted by atomic mass is 9.80. The third-order valence-electron chi connectivity index (χ3n) is 4.94. The average Bonchev–Trinajstić information content (AvgIpc) is 2.23. The van der Waals surface area contributed by atoms with Crippen molar-refractivity contribution in [2.45, 2.75) is 60.0 Å². The molecule has 0 amide bonds. The van der Waals surface area contributed by atoms with E-state index in [0.29, 0.717) is 11.5 Å². The molecule has 17 heavy (non-hydrogen) atoms. The Morgan fingerprint density at radius 1 is 1.29 bits per heavy atom. The maximum absolute atomic E-state index is 3.41. The van der Waals surface area contributed by atoms with Gasteiger partial charge in [-0.25, -0.2) is 0 Å². The first-order chi connectivity index (χ1) is 7.77. The van der Waals surface area contributed by atoms with Gasteiger partial charge in [-0.05, 0) is 44.6 Å². The van der Waals surface area contributed by atoms with Crippen molar-refractivity contribution >= 4 is 0 Å². The van der Waals surface area contributed by atoms with Crippen LogP contribution in [0.5, 0.6) is 0 Å². The summed E-state index contributed by atoms with van der Waals surface area (Å²) >= 11 is 0. The Bertz CT molecular complexity index is 237. The maximum atomic E-state index is 3.41. The lowest BCUT2D eigenvalue weighted by molar-refractivity contribution is 0.0370. The lowest BCUT2D eigenvalue weighted by Gasteiger charge is -2.46. The van der Waals surface area contributed by atoms with Gasteiger partial charge in [-0.1, -0.05) is 27.7 Å². The zero-order valence-electron chi connectivity index (χ0n) is 12.9. The van der Waals surface area contributed by atoms with Crippen molar-refractivity contribution in [1.82, 2.24) is 10.2 Å². The molecule has 0 aromatic rings. The topological polar surface area (TPSA) is 15.3 Å². The molecule has 0 bridgehead atoms. The van der Waals surface area contributed by atoms with Crippen LogP contribution in [0.15, 0.2) is 0 Å². The van der Waals surface area contributed by atoms with Crippen LogP contribution < -0.4 is 5.32 Å². The summed E-state index contributed by atoms with van der Waals surface area (Å²) in [6.07, 6.45) is 1.39. The predicted molar refractivity (Wildman–Crippen MR) is 76.3 cm³/mol. The molecule has 0 aliphatic carbocycles. The molecule has 0 radical (unpaired) electrons. The standard InChI is InChI=1S/C15H32N2/c1-11-8-12(2)13(3)17(9-11)10-15(5,6)14(4)16-7/h11-14,16H,8-10H2,1-7H3. The van der Waals surface area contributed by atoms with Crippen LogP contribution in [0.25, 0.3) is 0 Å². The highest BCUT2D eigenvalue weighted by molar-refractivity contribution is 4.89. The van der Waals surface area contributed by atoms with E-state index < -0.39 is 0 Å². The highest BCUT2D eigenvalue weighted by Crippen LogP contribution is 2.31. The van der Waals surface area contributed by atoms with Gasteiger partial charge in [0.05, 0.1) is 0 Å². The second-order valence-corrected chi connectivity index (χ2v) is 6.99. The predicted octanol–water partition coefficient (Wildman–Crippen LogP) is 2.99. The Morgan fingerprint density at radius 2 is 1.88 bits per heavy atom. The van der Waals surface area contributed by atoms with Gasteiger partial charge in [0.1, 0.15) is 0 Å². The van der Waals surface area contributed by atoms with Crippen LogP contribution in [-0.2, 0) is 0 Å². The highest BCUT2D eigenvalue weighted by atomic mass is 15.2. The zero-order chi connectivity index (χ0) is 13.2. The number of likely N-dealkylation sites (tertiary alicyclic amines) is 1. The van der Waals surface area contributed by atoms with Gasteiger partial charge in [-0.3, -0.25) is 4.90 Å². The number of nitrogens with one attached hydrogen (secondary N) is 1. The Kier molecular flexibility index (Phi) is 5.03. The number of piperidine rings is 1. The summed E-state index contributed by atoms with van der Waals surface area (Å²) in [5.41, 5.74) is 0.333. The molecular weight excluding hydrogens is 208 g/mol. The van der Waals surface area contributed by atoms with Crippen LogP contribution in [0.2, 0.25) is 0 Å². The molecule has 0 spiro atoms. The van der Waals surface area contributed by atoms with Crippen LogP contribution in [0.3, 0.4) is 0 Å². The smallest absolute Gasteiger partial charge is 0.00991 e. The second-order valence-electron chi connectivity index (χ2n) is 6.99. The molecule has 1 heterocycles. The molecule has 4 atom stereocenters. The fourth-order valence-corrected chi connectivity index (χ4v) is 3.09. The molecule has 102 valence electrons. The molecule has 1 aliphatic heterocycles. The van der Waals surface area contributed by atoms with E-state index in [1.54, 1.807) is 0 Å². The van der Waals surface area contributed by atoms with E-state index in [1.807, 2.05) is 0 Å².